The number of halogens is 1. The van der Waals surface area contributed by atoms with Gasteiger partial charge in [0.05, 0.1) is 29.0 Å². The number of rotatable bonds is 6. The van der Waals surface area contributed by atoms with Crippen LogP contribution in [0.3, 0.4) is 0 Å². The number of aldehydes is 1. The van der Waals surface area contributed by atoms with Crippen molar-refractivity contribution in [3.8, 4) is 34.0 Å². The first-order chi connectivity index (χ1) is 15.3. The number of ether oxygens (including phenoxy) is 1. The Bertz CT molecular complexity index is 1400. The van der Waals surface area contributed by atoms with Crippen molar-refractivity contribution in [3.05, 3.63) is 83.4 Å². The van der Waals surface area contributed by atoms with Gasteiger partial charge < -0.3 is 4.74 Å². The Morgan fingerprint density at radius 1 is 1.00 bits per heavy atom. The van der Waals surface area contributed by atoms with Gasteiger partial charge in [-0.3, -0.25) is 4.79 Å². The van der Waals surface area contributed by atoms with Gasteiger partial charge in [-0.1, -0.05) is 35.9 Å². The normalized spacial score (nSPS) is 11.3. The van der Waals surface area contributed by atoms with Gasteiger partial charge >= 0.3 is 0 Å². The number of benzene rings is 3. The predicted octanol–water partition coefficient (Wildman–Crippen LogP) is 4.33. The molecule has 0 fully saturated rings. The van der Waals surface area contributed by atoms with Gasteiger partial charge in [0.1, 0.15) is 11.4 Å². The number of sulfonamides is 1. The van der Waals surface area contributed by atoms with Gasteiger partial charge in [0.2, 0.25) is 10.0 Å². The first-order valence-electron chi connectivity index (χ1n) is 9.43. The molecule has 9 heteroatoms. The van der Waals surface area contributed by atoms with Crippen LogP contribution in [-0.2, 0) is 10.0 Å². The van der Waals surface area contributed by atoms with E-state index in [1.807, 2.05) is 12.1 Å². The van der Waals surface area contributed by atoms with Crippen molar-refractivity contribution in [3.63, 3.8) is 0 Å². The number of hydrogen-bond acceptors (Lipinski definition) is 5. The van der Waals surface area contributed by atoms with E-state index in [4.69, 9.17) is 26.6 Å². The van der Waals surface area contributed by atoms with Crippen LogP contribution in [0, 0.1) is 0 Å². The Labute approximate surface area is 190 Å². The highest BCUT2D eigenvalue weighted by molar-refractivity contribution is 7.89. The average molecular weight is 468 g/mol. The van der Waals surface area contributed by atoms with Gasteiger partial charge in [-0.2, -0.15) is 5.10 Å². The number of methoxy groups -OCH3 is 1. The summed E-state index contributed by atoms with van der Waals surface area (Å²) in [4.78, 5) is 12.2. The third-order valence-electron chi connectivity index (χ3n) is 4.91. The van der Waals surface area contributed by atoms with E-state index in [9.17, 15) is 13.2 Å². The standard InChI is InChI=1S/C23H18ClN3O4S/c1-31-19-4-2-3-16(13-19)22-21(14-28)23(15-5-7-17(24)8-6-15)27(26-22)18-9-11-20(12-10-18)32(25,29)30/h2-14H,1H3,(H2,25,29,30). The van der Waals surface area contributed by atoms with Gasteiger partial charge in [-0.05, 0) is 48.5 Å². The molecular formula is C23H18ClN3O4S. The third kappa shape index (κ3) is 4.16. The largest absolute Gasteiger partial charge is 0.497 e. The summed E-state index contributed by atoms with van der Waals surface area (Å²) in [7, 11) is -2.28. The molecule has 4 aromatic rings. The van der Waals surface area contributed by atoms with Gasteiger partial charge in [-0.15, -0.1) is 0 Å². The van der Waals surface area contributed by atoms with E-state index in [-0.39, 0.29) is 4.90 Å². The lowest BCUT2D eigenvalue weighted by atomic mass is 10.0. The second-order valence-corrected chi connectivity index (χ2v) is 8.92. The highest BCUT2D eigenvalue weighted by Crippen LogP contribution is 2.35. The molecule has 0 amide bonds. The topological polar surface area (TPSA) is 104 Å². The number of carbonyl (C=O) groups is 1. The highest BCUT2D eigenvalue weighted by atomic mass is 35.5. The van der Waals surface area contributed by atoms with Gasteiger partial charge in [0.25, 0.3) is 0 Å². The monoisotopic (exact) mass is 467 g/mol. The van der Waals surface area contributed by atoms with Crippen LogP contribution in [0.1, 0.15) is 10.4 Å². The Hall–Kier alpha value is -3.46. The van der Waals surface area contributed by atoms with Crippen LogP contribution in [0.4, 0.5) is 0 Å². The van der Waals surface area contributed by atoms with Crippen LogP contribution >= 0.6 is 11.6 Å². The second-order valence-electron chi connectivity index (χ2n) is 6.92. The predicted molar refractivity (Wildman–Crippen MR) is 123 cm³/mol. The minimum atomic E-state index is -3.84. The zero-order valence-corrected chi connectivity index (χ0v) is 18.5. The molecule has 3 aromatic carbocycles. The number of nitrogens with two attached hydrogens (primary N) is 1. The molecule has 7 nitrogen and oxygen atoms in total. The lowest BCUT2D eigenvalue weighted by molar-refractivity contribution is 0.112. The van der Waals surface area contributed by atoms with E-state index in [0.29, 0.717) is 44.5 Å². The SMILES string of the molecule is COc1cccc(-c2nn(-c3ccc(S(N)(=O)=O)cc3)c(-c3ccc(Cl)cc3)c2C=O)c1. The summed E-state index contributed by atoms with van der Waals surface area (Å²) in [5.41, 5.74) is 3.34. The lowest BCUT2D eigenvalue weighted by Crippen LogP contribution is -2.12. The maximum absolute atomic E-state index is 12.2. The van der Waals surface area contributed by atoms with Crippen LogP contribution in [-0.4, -0.2) is 31.6 Å². The molecule has 1 aromatic heterocycles. The quantitative estimate of drug-likeness (QED) is 0.425. The highest BCUT2D eigenvalue weighted by Gasteiger charge is 2.22. The van der Waals surface area contributed by atoms with E-state index >= 15 is 0 Å². The van der Waals surface area contributed by atoms with Crippen LogP contribution in [0.15, 0.2) is 77.7 Å². The molecule has 0 aliphatic heterocycles. The fourth-order valence-electron chi connectivity index (χ4n) is 3.37. The number of nitrogens with zero attached hydrogens (tertiary/aromatic N) is 2. The Balaban J connectivity index is 1.98. The minimum Gasteiger partial charge on any atom is -0.497 e. The van der Waals surface area contributed by atoms with E-state index in [2.05, 4.69) is 0 Å². The maximum atomic E-state index is 12.2. The minimum absolute atomic E-state index is 0.0231. The molecule has 0 aliphatic carbocycles. The molecule has 0 saturated carbocycles. The van der Waals surface area contributed by atoms with E-state index in [0.717, 1.165) is 6.29 Å². The molecule has 162 valence electrons. The van der Waals surface area contributed by atoms with Crippen molar-refractivity contribution in [1.82, 2.24) is 9.78 Å². The molecule has 0 unspecified atom stereocenters. The molecule has 0 bridgehead atoms. The Kier molecular flexibility index (Phi) is 5.84. The van der Waals surface area contributed by atoms with Crippen molar-refractivity contribution < 1.29 is 17.9 Å². The van der Waals surface area contributed by atoms with Crippen LogP contribution in [0.2, 0.25) is 5.02 Å². The second kappa shape index (κ2) is 8.58. The molecule has 1 heterocycles. The third-order valence-corrected chi connectivity index (χ3v) is 6.09. The van der Waals surface area contributed by atoms with Crippen molar-refractivity contribution in [2.24, 2.45) is 5.14 Å². The fraction of sp³-hybridized carbons (Fsp3) is 0.0435. The molecular weight excluding hydrogens is 450 g/mol. The Morgan fingerprint density at radius 3 is 2.28 bits per heavy atom. The number of aromatic nitrogens is 2. The number of hydrogen-bond donors (Lipinski definition) is 1. The van der Waals surface area contributed by atoms with Crippen molar-refractivity contribution in [2.45, 2.75) is 4.90 Å². The smallest absolute Gasteiger partial charge is 0.238 e. The molecule has 0 aliphatic rings. The zero-order valence-electron chi connectivity index (χ0n) is 16.9. The van der Waals surface area contributed by atoms with Crippen LogP contribution in [0.25, 0.3) is 28.2 Å². The summed E-state index contributed by atoms with van der Waals surface area (Å²) in [6.07, 6.45) is 0.751. The van der Waals surface area contributed by atoms with Crippen molar-refractivity contribution >= 4 is 27.9 Å². The van der Waals surface area contributed by atoms with Crippen molar-refractivity contribution in [2.75, 3.05) is 7.11 Å². The summed E-state index contributed by atoms with van der Waals surface area (Å²) in [5.74, 6) is 0.624. The molecule has 0 atom stereocenters. The van der Waals surface area contributed by atoms with E-state index < -0.39 is 10.0 Å². The average Bonchev–Trinajstić information content (AvgIpc) is 3.19. The molecule has 0 saturated heterocycles. The summed E-state index contributed by atoms with van der Waals surface area (Å²) in [5, 5.41) is 10.5. The van der Waals surface area contributed by atoms with Crippen LogP contribution < -0.4 is 9.88 Å². The van der Waals surface area contributed by atoms with Crippen LogP contribution in [0.5, 0.6) is 5.75 Å². The zero-order chi connectivity index (χ0) is 22.9. The van der Waals surface area contributed by atoms with Crippen molar-refractivity contribution in [1.29, 1.82) is 0 Å². The summed E-state index contributed by atoms with van der Waals surface area (Å²) in [6.45, 7) is 0. The summed E-state index contributed by atoms with van der Waals surface area (Å²) >= 11 is 6.05. The van der Waals surface area contributed by atoms with Gasteiger partial charge in [-0.25, -0.2) is 18.2 Å². The van der Waals surface area contributed by atoms with E-state index in [1.165, 1.54) is 12.1 Å². The van der Waals surface area contributed by atoms with E-state index in [1.54, 1.807) is 60.3 Å². The molecule has 2 N–H and O–H groups in total. The maximum Gasteiger partial charge on any atom is 0.238 e. The summed E-state index contributed by atoms with van der Waals surface area (Å²) < 4.78 is 30.2. The first kappa shape index (κ1) is 21.8. The number of primary sulfonamides is 1. The van der Waals surface area contributed by atoms with Gasteiger partial charge in [0, 0.05) is 16.1 Å². The first-order valence-corrected chi connectivity index (χ1v) is 11.4. The fourth-order valence-corrected chi connectivity index (χ4v) is 4.02. The Morgan fingerprint density at radius 2 is 1.69 bits per heavy atom. The molecule has 0 spiro atoms. The molecule has 32 heavy (non-hydrogen) atoms. The van der Waals surface area contributed by atoms with Gasteiger partial charge in [0.15, 0.2) is 6.29 Å². The molecule has 4 rings (SSSR count). The lowest BCUT2D eigenvalue weighted by Gasteiger charge is -2.09. The molecule has 0 radical (unpaired) electrons. The number of carbonyl (C=O) groups excluding carboxylic acids is 1. The summed E-state index contributed by atoms with van der Waals surface area (Å²) in [6, 6.07) is 20.2.